The molecule has 0 spiro atoms. The number of amides is 3. The third kappa shape index (κ3) is 5.78. The Balaban J connectivity index is 1.97. The molecule has 1 aromatic carbocycles. The van der Waals surface area contributed by atoms with Crippen LogP contribution in [-0.2, 0) is 14.3 Å². The second-order valence-electron chi connectivity index (χ2n) is 5.60. The van der Waals surface area contributed by atoms with Crippen LogP contribution >= 0.6 is 23.4 Å². The van der Waals surface area contributed by atoms with Gasteiger partial charge >= 0.3 is 0 Å². The molecule has 0 atom stereocenters. The monoisotopic (exact) mass is 427 g/mol. The molecule has 0 radical (unpaired) electrons. The van der Waals surface area contributed by atoms with E-state index in [0.717, 1.165) is 16.7 Å². The molecule has 1 fully saturated rings. The molecule has 0 aromatic heterocycles. The van der Waals surface area contributed by atoms with Gasteiger partial charge in [-0.3, -0.25) is 29.4 Å². The summed E-state index contributed by atoms with van der Waals surface area (Å²) in [6, 6.07) is 4.10. The number of ether oxygens (including phenoxy) is 1. The maximum atomic E-state index is 12.4. The van der Waals surface area contributed by atoms with Crippen molar-refractivity contribution in [3.63, 3.8) is 0 Å². The summed E-state index contributed by atoms with van der Waals surface area (Å²) >= 11 is 6.50. The fraction of sp³-hybridized carbons (Fsp3) is 0.353. The largest absolute Gasteiger partial charge is 0.381 e. The minimum Gasteiger partial charge on any atom is -0.381 e. The van der Waals surface area contributed by atoms with Crippen LogP contribution in [0.4, 0.5) is 10.5 Å². The van der Waals surface area contributed by atoms with E-state index in [-0.39, 0.29) is 41.0 Å². The SMILES string of the molecule is CCOCCC(=O)NCCN1C(=O)S/C(=C/c2ccc(Cl)c([N+](=O)[O-])c2)C1=O. The minimum atomic E-state index is -0.625. The molecule has 0 unspecified atom stereocenters. The van der Waals surface area contributed by atoms with Gasteiger partial charge in [-0.05, 0) is 36.4 Å². The second kappa shape index (κ2) is 10.2. The van der Waals surface area contributed by atoms with Gasteiger partial charge < -0.3 is 10.1 Å². The van der Waals surface area contributed by atoms with Crippen LogP contribution < -0.4 is 5.32 Å². The first-order valence-corrected chi connectivity index (χ1v) is 9.56. The first-order valence-electron chi connectivity index (χ1n) is 8.37. The molecule has 0 aliphatic carbocycles. The lowest BCUT2D eigenvalue weighted by molar-refractivity contribution is -0.384. The molecule has 0 saturated carbocycles. The third-order valence-electron chi connectivity index (χ3n) is 3.67. The highest BCUT2D eigenvalue weighted by molar-refractivity contribution is 8.18. The number of nitro benzene ring substituents is 1. The van der Waals surface area contributed by atoms with Crippen molar-refractivity contribution in [2.45, 2.75) is 13.3 Å². The smallest absolute Gasteiger partial charge is 0.293 e. The van der Waals surface area contributed by atoms with Crippen LogP contribution in [-0.4, -0.2) is 53.2 Å². The Labute approximate surface area is 170 Å². The predicted octanol–water partition coefficient (Wildman–Crippen LogP) is 2.83. The number of thioether (sulfide) groups is 1. The highest BCUT2D eigenvalue weighted by atomic mass is 35.5. The molecule has 1 aromatic rings. The molecule has 11 heteroatoms. The van der Waals surface area contributed by atoms with Crippen LogP contribution in [0.15, 0.2) is 23.1 Å². The van der Waals surface area contributed by atoms with E-state index >= 15 is 0 Å². The average Bonchev–Trinajstić information content (AvgIpc) is 2.90. The number of carbonyl (C=O) groups excluding carboxylic acids is 3. The Bertz CT molecular complexity index is 829. The van der Waals surface area contributed by atoms with E-state index in [0.29, 0.717) is 18.8 Å². The molecular weight excluding hydrogens is 410 g/mol. The second-order valence-corrected chi connectivity index (χ2v) is 7.00. The minimum absolute atomic E-state index is 0.0182. The Kier molecular flexibility index (Phi) is 7.97. The Hall–Kier alpha value is -2.43. The van der Waals surface area contributed by atoms with Gasteiger partial charge in [-0.25, -0.2) is 0 Å². The highest BCUT2D eigenvalue weighted by Crippen LogP contribution is 2.33. The van der Waals surface area contributed by atoms with Crippen LogP contribution in [0.3, 0.4) is 0 Å². The number of benzene rings is 1. The number of nitrogens with zero attached hydrogens (tertiary/aromatic N) is 2. The zero-order valence-electron chi connectivity index (χ0n) is 15.0. The van der Waals surface area contributed by atoms with Crippen molar-refractivity contribution >= 4 is 52.2 Å². The van der Waals surface area contributed by atoms with Crippen molar-refractivity contribution in [1.29, 1.82) is 0 Å². The molecule has 9 nitrogen and oxygen atoms in total. The normalized spacial score (nSPS) is 15.4. The van der Waals surface area contributed by atoms with Gasteiger partial charge in [0.25, 0.3) is 16.8 Å². The Morgan fingerprint density at radius 2 is 2.18 bits per heavy atom. The van der Waals surface area contributed by atoms with Gasteiger partial charge in [0.15, 0.2) is 0 Å². The Morgan fingerprint density at radius 3 is 2.86 bits per heavy atom. The lowest BCUT2D eigenvalue weighted by Crippen LogP contribution is -2.37. The quantitative estimate of drug-likeness (QED) is 0.278. The third-order valence-corrected chi connectivity index (χ3v) is 4.90. The topological polar surface area (TPSA) is 119 Å². The first-order chi connectivity index (χ1) is 13.3. The van der Waals surface area contributed by atoms with Crippen molar-refractivity contribution in [2.24, 2.45) is 0 Å². The molecule has 0 bridgehead atoms. The fourth-order valence-electron chi connectivity index (χ4n) is 2.31. The van der Waals surface area contributed by atoms with Crippen molar-refractivity contribution < 1.29 is 24.0 Å². The number of nitrogens with one attached hydrogen (secondary N) is 1. The van der Waals surface area contributed by atoms with E-state index < -0.39 is 16.1 Å². The molecule has 1 heterocycles. The molecular formula is C17H18ClN3O6S. The van der Waals surface area contributed by atoms with Gasteiger partial charge in [0.1, 0.15) is 5.02 Å². The number of hydrogen-bond acceptors (Lipinski definition) is 7. The summed E-state index contributed by atoms with van der Waals surface area (Å²) in [7, 11) is 0. The molecule has 28 heavy (non-hydrogen) atoms. The lowest BCUT2D eigenvalue weighted by Gasteiger charge is -2.13. The highest BCUT2D eigenvalue weighted by Gasteiger charge is 2.34. The van der Waals surface area contributed by atoms with Crippen LogP contribution in [0, 0.1) is 10.1 Å². The zero-order valence-corrected chi connectivity index (χ0v) is 16.5. The number of rotatable bonds is 9. The average molecular weight is 428 g/mol. The van der Waals surface area contributed by atoms with E-state index in [9.17, 15) is 24.5 Å². The van der Waals surface area contributed by atoms with E-state index in [2.05, 4.69) is 5.32 Å². The molecule has 3 amide bonds. The number of nitro groups is 1. The summed E-state index contributed by atoms with van der Waals surface area (Å²) in [5.74, 6) is -0.749. The predicted molar refractivity (Wildman–Crippen MR) is 105 cm³/mol. The molecule has 1 aliphatic heterocycles. The summed E-state index contributed by atoms with van der Waals surface area (Å²) in [6.07, 6.45) is 1.60. The van der Waals surface area contributed by atoms with Crippen LogP contribution in [0.2, 0.25) is 5.02 Å². The summed E-state index contributed by atoms with van der Waals surface area (Å²) in [6.45, 7) is 2.81. The number of hydrogen-bond donors (Lipinski definition) is 1. The molecule has 1 saturated heterocycles. The molecule has 1 aliphatic rings. The first kappa shape index (κ1) is 21.9. The standard InChI is InChI=1S/C17H18ClN3O6S/c1-2-27-8-5-15(22)19-6-7-20-16(23)14(28-17(20)24)10-11-3-4-12(18)13(9-11)21(25)26/h3-4,9-10H,2,5-8H2,1H3,(H,19,22)/b14-10+. The van der Waals surface area contributed by atoms with E-state index in [1.165, 1.54) is 24.3 Å². The van der Waals surface area contributed by atoms with E-state index in [4.69, 9.17) is 16.3 Å². The number of imide groups is 1. The van der Waals surface area contributed by atoms with E-state index in [1.54, 1.807) is 0 Å². The maximum Gasteiger partial charge on any atom is 0.293 e. The van der Waals surface area contributed by atoms with Gasteiger partial charge in [-0.1, -0.05) is 17.7 Å². The van der Waals surface area contributed by atoms with Crippen LogP contribution in [0.1, 0.15) is 18.9 Å². The number of carbonyl (C=O) groups is 3. The van der Waals surface area contributed by atoms with Crippen molar-refractivity contribution in [2.75, 3.05) is 26.3 Å². The zero-order chi connectivity index (χ0) is 20.7. The van der Waals surface area contributed by atoms with Gasteiger partial charge in [0, 0.05) is 32.2 Å². The summed E-state index contributed by atoms with van der Waals surface area (Å²) in [4.78, 5) is 47.6. The van der Waals surface area contributed by atoms with Gasteiger partial charge in [0.2, 0.25) is 5.91 Å². The lowest BCUT2D eigenvalue weighted by atomic mass is 10.2. The van der Waals surface area contributed by atoms with Crippen molar-refractivity contribution in [1.82, 2.24) is 10.2 Å². The molecule has 2 rings (SSSR count). The summed E-state index contributed by atoms with van der Waals surface area (Å²) < 4.78 is 5.08. The van der Waals surface area contributed by atoms with Crippen molar-refractivity contribution in [3.8, 4) is 0 Å². The fourth-order valence-corrected chi connectivity index (χ4v) is 3.36. The van der Waals surface area contributed by atoms with Gasteiger partial charge in [-0.2, -0.15) is 0 Å². The van der Waals surface area contributed by atoms with E-state index in [1.807, 2.05) is 6.92 Å². The summed E-state index contributed by atoms with van der Waals surface area (Å²) in [5, 5.41) is 13.1. The molecule has 1 N–H and O–H groups in total. The van der Waals surface area contributed by atoms with Crippen LogP contribution in [0.25, 0.3) is 6.08 Å². The van der Waals surface area contributed by atoms with Gasteiger partial charge in [-0.15, -0.1) is 0 Å². The maximum absolute atomic E-state index is 12.4. The van der Waals surface area contributed by atoms with Crippen molar-refractivity contribution in [3.05, 3.63) is 43.8 Å². The molecule has 150 valence electrons. The number of halogens is 1. The summed E-state index contributed by atoms with van der Waals surface area (Å²) in [5.41, 5.74) is 0.0928. The van der Waals surface area contributed by atoms with Gasteiger partial charge in [0.05, 0.1) is 16.4 Å². The Morgan fingerprint density at radius 1 is 1.43 bits per heavy atom. The van der Waals surface area contributed by atoms with Crippen LogP contribution in [0.5, 0.6) is 0 Å².